The Balaban J connectivity index is 1.89. The standard InChI is InChI=1S/C23H29NO5S/c1-3-27-17-28-16-20(8-7-15-30-18(2)25)24-23(26)19-11-13-22(14-12-19)29-21-9-5-4-6-10-21/h4-6,9-14,20H,3,7-8,15-17H2,1-2H3,(H,24,26). The van der Waals surface area contributed by atoms with Gasteiger partial charge in [0.1, 0.15) is 18.3 Å². The Hall–Kier alpha value is -2.35. The summed E-state index contributed by atoms with van der Waals surface area (Å²) >= 11 is 1.29. The fourth-order valence-corrected chi connectivity index (χ4v) is 3.24. The predicted octanol–water partition coefficient (Wildman–Crippen LogP) is 4.65. The van der Waals surface area contributed by atoms with Crippen LogP contribution in [0.4, 0.5) is 0 Å². The highest BCUT2D eigenvalue weighted by Crippen LogP contribution is 2.21. The minimum absolute atomic E-state index is 0.0981. The molecule has 1 atom stereocenters. The number of benzene rings is 2. The van der Waals surface area contributed by atoms with Gasteiger partial charge in [0, 0.05) is 24.8 Å². The van der Waals surface area contributed by atoms with E-state index in [0.717, 1.165) is 17.9 Å². The lowest BCUT2D eigenvalue weighted by molar-refractivity contribution is -0.109. The summed E-state index contributed by atoms with van der Waals surface area (Å²) in [5, 5.41) is 3.11. The zero-order chi connectivity index (χ0) is 21.6. The van der Waals surface area contributed by atoms with Crippen LogP contribution in [0.15, 0.2) is 54.6 Å². The molecule has 0 saturated heterocycles. The zero-order valence-electron chi connectivity index (χ0n) is 17.5. The van der Waals surface area contributed by atoms with Crippen molar-refractivity contribution in [3.05, 3.63) is 60.2 Å². The van der Waals surface area contributed by atoms with Crippen molar-refractivity contribution < 1.29 is 23.8 Å². The molecule has 0 radical (unpaired) electrons. The summed E-state index contributed by atoms with van der Waals surface area (Å²) in [6.07, 6.45) is 1.52. The summed E-state index contributed by atoms with van der Waals surface area (Å²) in [6, 6.07) is 16.3. The molecule has 0 aliphatic rings. The fourth-order valence-electron chi connectivity index (χ4n) is 2.64. The number of carbonyl (C=O) groups is 2. The van der Waals surface area contributed by atoms with E-state index in [-0.39, 0.29) is 23.9 Å². The molecule has 0 aliphatic carbocycles. The third-order valence-corrected chi connectivity index (χ3v) is 5.02. The second-order valence-corrected chi connectivity index (χ2v) is 7.85. The second kappa shape index (κ2) is 13.8. The molecule has 1 unspecified atom stereocenters. The third kappa shape index (κ3) is 9.43. The maximum Gasteiger partial charge on any atom is 0.251 e. The molecule has 30 heavy (non-hydrogen) atoms. The number of carbonyl (C=O) groups excluding carboxylic acids is 2. The molecule has 6 nitrogen and oxygen atoms in total. The van der Waals surface area contributed by atoms with E-state index in [0.29, 0.717) is 30.9 Å². The first-order valence-corrected chi connectivity index (χ1v) is 11.0. The number of thioether (sulfide) groups is 1. The van der Waals surface area contributed by atoms with E-state index >= 15 is 0 Å². The van der Waals surface area contributed by atoms with Crippen LogP contribution in [0.2, 0.25) is 0 Å². The second-order valence-electron chi connectivity index (χ2n) is 6.57. The summed E-state index contributed by atoms with van der Waals surface area (Å²) < 4.78 is 16.5. The summed E-state index contributed by atoms with van der Waals surface area (Å²) in [5.74, 6) is 1.95. The number of rotatable bonds is 13. The Labute approximate surface area is 182 Å². The van der Waals surface area contributed by atoms with Crippen molar-refractivity contribution in [3.8, 4) is 11.5 Å². The van der Waals surface area contributed by atoms with Crippen LogP contribution in [0, 0.1) is 0 Å². The molecule has 0 spiro atoms. The van der Waals surface area contributed by atoms with Gasteiger partial charge in [-0.2, -0.15) is 0 Å². The van der Waals surface area contributed by atoms with Crippen LogP contribution in [-0.4, -0.2) is 42.8 Å². The van der Waals surface area contributed by atoms with E-state index in [4.69, 9.17) is 14.2 Å². The maximum atomic E-state index is 12.7. The lowest BCUT2D eigenvalue weighted by Crippen LogP contribution is -2.38. The van der Waals surface area contributed by atoms with Crippen LogP contribution >= 0.6 is 11.8 Å². The molecule has 2 aromatic carbocycles. The highest BCUT2D eigenvalue weighted by atomic mass is 32.2. The molecular formula is C23H29NO5S. The summed E-state index contributed by atoms with van der Waals surface area (Å²) in [7, 11) is 0. The summed E-state index contributed by atoms with van der Waals surface area (Å²) in [6.45, 7) is 4.57. The molecule has 0 aromatic heterocycles. The minimum atomic E-state index is -0.175. The number of nitrogens with one attached hydrogen (secondary N) is 1. The van der Waals surface area contributed by atoms with Gasteiger partial charge in [-0.3, -0.25) is 9.59 Å². The number of ether oxygens (including phenoxy) is 3. The molecule has 2 aromatic rings. The molecule has 0 heterocycles. The van der Waals surface area contributed by atoms with Gasteiger partial charge in [-0.15, -0.1) is 0 Å². The van der Waals surface area contributed by atoms with Crippen LogP contribution in [0.5, 0.6) is 11.5 Å². The van der Waals surface area contributed by atoms with E-state index in [1.54, 1.807) is 31.2 Å². The van der Waals surface area contributed by atoms with Gasteiger partial charge in [-0.25, -0.2) is 0 Å². The number of hydrogen-bond donors (Lipinski definition) is 1. The molecule has 0 bridgehead atoms. The molecule has 0 fully saturated rings. The molecule has 0 saturated carbocycles. The van der Waals surface area contributed by atoms with Gasteiger partial charge in [0.25, 0.3) is 5.91 Å². The van der Waals surface area contributed by atoms with Gasteiger partial charge in [-0.05, 0) is 56.2 Å². The van der Waals surface area contributed by atoms with Gasteiger partial charge >= 0.3 is 0 Å². The number of para-hydroxylation sites is 1. The number of hydrogen-bond acceptors (Lipinski definition) is 6. The van der Waals surface area contributed by atoms with Gasteiger partial charge in [0.15, 0.2) is 5.12 Å². The van der Waals surface area contributed by atoms with Crippen molar-refractivity contribution in [1.29, 1.82) is 0 Å². The monoisotopic (exact) mass is 431 g/mol. The Kier molecular flexibility index (Phi) is 11.0. The largest absolute Gasteiger partial charge is 0.457 e. The van der Waals surface area contributed by atoms with Crippen molar-refractivity contribution >= 4 is 22.8 Å². The van der Waals surface area contributed by atoms with Crippen LogP contribution in [0.25, 0.3) is 0 Å². The quantitative estimate of drug-likeness (QED) is 0.368. The average Bonchev–Trinajstić information content (AvgIpc) is 2.75. The maximum absolute atomic E-state index is 12.7. The van der Waals surface area contributed by atoms with Crippen molar-refractivity contribution in [2.24, 2.45) is 0 Å². The van der Waals surface area contributed by atoms with Crippen LogP contribution in [0.3, 0.4) is 0 Å². The minimum Gasteiger partial charge on any atom is -0.457 e. The van der Waals surface area contributed by atoms with Crippen molar-refractivity contribution in [2.45, 2.75) is 32.7 Å². The lowest BCUT2D eigenvalue weighted by atomic mass is 10.1. The topological polar surface area (TPSA) is 73.9 Å². The van der Waals surface area contributed by atoms with E-state index in [2.05, 4.69) is 5.32 Å². The Morgan fingerprint density at radius 3 is 2.37 bits per heavy atom. The summed E-state index contributed by atoms with van der Waals surface area (Å²) in [4.78, 5) is 23.7. The smallest absolute Gasteiger partial charge is 0.251 e. The molecular weight excluding hydrogens is 402 g/mol. The first-order valence-electron chi connectivity index (χ1n) is 10.0. The molecule has 1 amide bonds. The van der Waals surface area contributed by atoms with Gasteiger partial charge < -0.3 is 19.5 Å². The van der Waals surface area contributed by atoms with Crippen molar-refractivity contribution in [1.82, 2.24) is 5.32 Å². The van der Waals surface area contributed by atoms with Crippen LogP contribution in [0.1, 0.15) is 37.0 Å². The van der Waals surface area contributed by atoms with E-state index in [9.17, 15) is 9.59 Å². The SMILES string of the molecule is CCOCOCC(CCCSC(C)=O)NC(=O)c1ccc(Oc2ccccc2)cc1. The Morgan fingerprint density at radius 1 is 1.00 bits per heavy atom. The molecule has 0 aliphatic heterocycles. The average molecular weight is 432 g/mol. The van der Waals surface area contributed by atoms with E-state index < -0.39 is 0 Å². The first-order chi connectivity index (χ1) is 14.6. The normalized spacial score (nSPS) is 11.7. The first kappa shape index (κ1) is 23.9. The van der Waals surface area contributed by atoms with Crippen LogP contribution < -0.4 is 10.1 Å². The highest BCUT2D eigenvalue weighted by Gasteiger charge is 2.15. The van der Waals surface area contributed by atoms with Gasteiger partial charge in [-0.1, -0.05) is 30.0 Å². The predicted molar refractivity (Wildman–Crippen MR) is 119 cm³/mol. The van der Waals surface area contributed by atoms with Crippen molar-refractivity contribution in [3.63, 3.8) is 0 Å². The fraction of sp³-hybridized carbons (Fsp3) is 0.391. The van der Waals surface area contributed by atoms with Crippen LogP contribution in [-0.2, 0) is 14.3 Å². The molecule has 2 rings (SSSR count). The van der Waals surface area contributed by atoms with Gasteiger partial charge in [0.05, 0.1) is 12.6 Å². The highest BCUT2D eigenvalue weighted by molar-refractivity contribution is 8.13. The third-order valence-electron chi connectivity index (χ3n) is 4.12. The summed E-state index contributed by atoms with van der Waals surface area (Å²) in [5.41, 5.74) is 0.545. The molecule has 162 valence electrons. The lowest BCUT2D eigenvalue weighted by Gasteiger charge is -2.19. The van der Waals surface area contributed by atoms with Gasteiger partial charge in [0.2, 0.25) is 0 Å². The Morgan fingerprint density at radius 2 is 1.70 bits per heavy atom. The van der Waals surface area contributed by atoms with E-state index in [1.165, 1.54) is 11.8 Å². The van der Waals surface area contributed by atoms with E-state index in [1.807, 2.05) is 37.3 Å². The molecule has 7 heteroatoms. The Bertz CT molecular complexity index is 767. The molecule has 1 N–H and O–H groups in total. The van der Waals surface area contributed by atoms with Crippen molar-refractivity contribution in [2.75, 3.05) is 25.8 Å². The number of amides is 1. The zero-order valence-corrected chi connectivity index (χ0v) is 18.3.